The molecule has 84 valence electrons. The van der Waals surface area contributed by atoms with Gasteiger partial charge in [0, 0.05) is 6.04 Å². The van der Waals surface area contributed by atoms with Crippen LogP contribution in [0.3, 0.4) is 0 Å². The summed E-state index contributed by atoms with van der Waals surface area (Å²) in [7, 11) is 0. The minimum absolute atomic E-state index is 0.00326. The maximum absolute atomic E-state index is 13.4. The fourth-order valence-electron chi connectivity index (χ4n) is 1.66. The van der Waals surface area contributed by atoms with E-state index >= 15 is 0 Å². The number of hydrogen-bond acceptors (Lipinski definition) is 1. The van der Waals surface area contributed by atoms with Crippen LogP contribution in [0.25, 0.3) is 0 Å². The van der Waals surface area contributed by atoms with Gasteiger partial charge < -0.3 is 5.73 Å². The SMILES string of the molecule is Cc1cc(C(N)C(C)(C)C)cc(C)c1F. The Bertz CT molecular complexity index is 340. The van der Waals surface area contributed by atoms with Gasteiger partial charge in [-0.1, -0.05) is 32.9 Å². The summed E-state index contributed by atoms with van der Waals surface area (Å²) in [6, 6.07) is 3.63. The van der Waals surface area contributed by atoms with Crippen LogP contribution in [0.5, 0.6) is 0 Å². The molecule has 0 heterocycles. The number of aryl methyl sites for hydroxylation is 2. The second-order valence-corrected chi connectivity index (χ2v) is 5.31. The first-order valence-corrected chi connectivity index (χ1v) is 5.25. The van der Waals surface area contributed by atoms with Crippen LogP contribution >= 0.6 is 0 Å². The van der Waals surface area contributed by atoms with Crippen LogP contribution in [-0.2, 0) is 0 Å². The van der Waals surface area contributed by atoms with Crippen molar-refractivity contribution in [2.75, 3.05) is 0 Å². The Morgan fingerprint density at radius 2 is 1.53 bits per heavy atom. The molecule has 0 fully saturated rings. The van der Waals surface area contributed by atoms with E-state index in [4.69, 9.17) is 5.73 Å². The lowest BCUT2D eigenvalue weighted by atomic mass is 9.82. The summed E-state index contributed by atoms with van der Waals surface area (Å²) in [6.07, 6.45) is 0. The minimum Gasteiger partial charge on any atom is -0.324 e. The molecule has 0 aliphatic carbocycles. The van der Waals surface area contributed by atoms with Crippen LogP contribution in [-0.4, -0.2) is 0 Å². The van der Waals surface area contributed by atoms with Crippen LogP contribution < -0.4 is 5.73 Å². The molecule has 1 rings (SSSR count). The number of halogens is 1. The maximum atomic E-state index is 13.4. The Labute approximate surface area is 91.5 Å². The van der Waals surface area contributed by atoms with E-state index in [0.717, 1.165) is 5.56 Å². The molecule has 1 unspecified atom stereocenters. The molecule has 0 aliphatic heterocycles. The molecule has 1 nitrogen and oxygen atoms in total. The van der Waals surface area contributed by atoms with Gasteiger partial charge in [0.25, 0.3) is 0 Å². The normalized spacial score (nSPS) is 14.1. The van der Waals surface area contributed by atoms with Gasteiger partial charge in [-0.25, -0.2) is 4.39 Å². The van der Waals surface area contributed by atoms with Crippen molar-refractivity contribution in [2.45, 2.75) is 40.7 Å². The van der Waals surface area contributed by atoms with Crippen molar-refractivity contribution in [3.8, 4) is 0 Å². The molecular weight excluding hydrogens is 189 g/mol. The second kappa shape index (κ2) is 3.93. The third kappa shape index (κ3) is 2.57. The van der Waals surface area contributed by atoms with Crippen LogP contribution in [0, 0.1) is 25.1 Å². The lowest BCUT2D eigenvalue weighted by Crippen LogP contribution is -2.26. The molecule has 0 aliphatic rings. The van der Waals surface area contributed by atoms with Crippen LogP contribution in [0.4, 0.5) is 4.39 Å². The third-order valence-electron chi connectivity index (χ3n) is 2.75. The number of hydrogen-bond donors (Lipinski definition) is 1. The highest BCUT2D eigenvalue weighted by molar-refractivity contribution is 5.32. The fourth-order valence-corrected chi connectivity index (χ4v) is 1.66. The van der Waals surface area contributed by atoms with Crippen molar-refractivity contribution in [1.29, 1.82) is 0 Å². The molecule has 0 amide bonds. The first-order chi connectivity index (χ1) is 6.73. The van der Waals surface area contributed by atoms with Crippen molar-refractivity contribution < 1.29 is 4.39 Å². The topological polar surface area (TPSA) is 26.0 Å². The molecule has 1 aromatic rings. The predicted octanol–water partition coefficient (Wildman–Crippen LogP) is 3.49. The summed E-state index contributed by atoms with van der Waals surface area (Å²) in [6.45, 7) is 9.82. The molecule has 0 aromatic heterocycles. The Morgan fingerprint density at radius 1 is 1.13 bits per heavy atom. The Morgan fingerprint density at radius 3 is 1.87 bits per heavy atom. The molecule has 2 N–H and O–H groups in total. The van der Waals surface area contributed by atoms with Gasteiger partial charge in [0.05, 0.1) is 0 Å². The summed E-state index contributed by atoms with van der Waals surface area (Å²) in [4.78, 5) is 0. The Balaban J connectivity index is 3.17. The van der Waals surface area contributed by atoms with Crippen molar-refractivity contribution in [3.05, 3.63) is 34.6 Å². The first-order valence-electron chi connectivity index (χ1n) is 5.25. The monoisotopic (exact) mass is 209 g/mol. The van der Waals surface area contributed by atoms with Gasteiger partial charge in [-0.15, -0.1) is 0 Å². The lowest BCUT2D eigenvalue weighted by molar-refractivity contribution is 0.326. The molecular formula is C13H20FN. The van der Waals surface area contributed by atoms with E-state index in [1.807, 2.05) is 12.1 Å². The number of rotatable bonds is 1. The molecule has 1 atom stereocenters. The molecule has 0 saturated carbocycles. The maximum Gasteiger partial charge on any atom is 0.129 e. The van der Waals surface area contributed by atoms with Crippen molar-refractivity contribution in [2.24, 2.45) is 11.1 Å². The number of benzene rings is 1. The van der Waals surface area contributed by atoms with Gasteiger partial charge in [-0.05, 0) is 36.0 Å². The fraction of sp³-hybridized carbons (Fsp3) is 0.538. The van der Waals surface area contributed by atoms with Crippen LogP contribution in [0.2, 0.25) is 0 Å². The summed E-state index contributed by atoms with van der Waals surface area (Å²) in [5.74, 6) is -0.125. The second-order valence-electron chi connectivity index (χ2n) is 5.31. The lowest BCUT2D eigenvalue weighted by Gasteiger charge is -2.28. The van der Waals surface area contributed by atoms with E-state index in [-0.39, 0.29) is 17.3 Å². The van der Waals surface area contributed by atoms with Crippen LogP contribution in [0.1, 0.15) is 43.5 Å². The largest absolute Gasteiger partial charge is 0.324 e. The standard InChI is InChI=1S/C13H20FN/c1-8-6-10(7-9(2)11(8)14)12(15)13(3,4)5/h6-7,12H,15H2,1-5H3. The predicted molar refractivity (Wildman–Crippen MR) is 62.3 cm³/mol. The molecule has 15 heavy (non-hydrogen) atoms. The Kier molecular flexibility index (Phi) is 3.19. The van der Waals surface area contributed by atoms with Gasteiger partial charge in [0.1, 0.15) is 5.82 Å². The van der Waals surface area contributed by atoms with E-state index in [1.165, 1.54) is 0 Å². The van der Waals surface area contributed by atoms with Crippen molar-refractivity contribution >= 4 is 0 Å². The molecule has 1 aromatic carbocycles. The quantitative estimate of drug-likeness (QED) is 0.752. The summed E-state index contributed by atoms with van der Waals surface area (Å²) < 4.78 is 13.4. The van der Waals surface area contributed by atoms with Gasteiger partial charge in [0.15, 0.2) is 0 Å². The highest BCUT2D eigenvalue weighted by Gasteiger charge is 2.23. The first kappa shape index (κ1) is 12.2. The summed E-state index contributed by atoms with van der Waals surface area (Å²) in [5.41, 5.74) is 8.49. The third-order valence-corrected chi connectivity index (χ3v) is 2.75. The van der Waals surface area contributed by atoms with Gasteiger partial charge >= 0.3 is 0 Å². The van der Waals surface area contributed by atoms with Crippen molar-refractivity contribution in [1.82, 2.24) is 0 Å². The van der Waals surface area contributed by atoms with E-state index in [9.17, 15) is 4.39 Å². The van der Waals surface area contributed by atoms with Gasteiger partial charge in [-0.2, -0.15) is 0 Å². The zero-order valence-corrected chi connectivity index (χ0v) is 10.2. The zero-order chi connectivity index (χ0) is 11.8. The molecule has 0 bridgehead atoms. The van der Waals surface area contributed by atoms with Crippen molar-refractivity contribution in [3.63, 3.8) is 0 Å². The average molecular weight is 209 g/mol. The van der Waals surface area contributed by atoms with Gasteiger partial charge in [0.2, 0.25) is 0 Å². The van der Waals surface area contributed by atoms with Gasteiger partial charge in [-0.3, -0.25) is 0 Å². The van der Waals surface area contributed by atoms with E-state index < -0.39 is 0 Å². The molecule has 0 spiro atoms. The molecule has 2 heteroatoms. The van der Waals surface area contributed by atoms with Crippen LogP contribution in [0.15, 0.2) is 12.1 Å². The number of nitrogens with two attached hydrogens (primary N) is 1. The smallest absolute Gasteiger partial charge is 0.129 e. The van der Waals surface area contributed by atoms with E-state index in [1.54, 1.807) is 13.8 Å². The molecule has 0 radical (unpaired) electrons. The zero-order valence-electron chi connectivity index (χ0n) is 10.2. The van der Waals surface area contributed by atoms with E-state index in [0.29, 0.717) is 11.1 Å². The van der Waals surface area contributed by atoms with E-state index in [2.05, 4.69) is 20.8 Å². The minimum atomic E-state index is -0.125. The summed E-state index contributed by atoms with van der Waals surface area (Å²) in [5, 5.41) is 0. The Hall–Kier alpha value is -0.890. The highest BCUT2D eigenvalue weighted by Crippen LogP contribution is 2.31. The molecule has 0 saturated heterocycles. The average Bonchev–Trinajstić information content (AvgIpc) is 2.10. The summed E-state index contributed by atoms with van der Waals surface area (Å²) >= 11 is 0. The highest BCUT2D eigenvalue weighted by atomic mass is 19.1.